The minimum absolute atomic E-state index is 0.00577. The Morgan fingerprint density at radius 2 is 1.62 bits per heavy atom. The second-order valence-corrected chi connectivity index (χ2v) is 10.5. The van der Waals surface area contributed by atoms with Crippen molar-refractivity contribution in [2.45, 2.75) is 17.1 Å². The molecule has 4 aromatic rings. The van der Waals surface area contributed by atoms with Crippen molar-refractivity contribution < 1.29 is 18.8 Å². The maximum absolute atomic E-state index is 13.2. The van der Waals surface area contributed by atoms with Crippen LogP contribution in [0.2, 0.25) is 10.0 Å². The molecule has 0 aliphatic carbocycles. The van der Waals surface area contributed by atoms with Gasteiger partial charge < -0.3 is 20.4 Å². The second kappa shape index (κ2) is 13.2. The Kier molecular flexibility index (Phi) is 9.49. The summed E-state index contributed by atoms with van der Waals surface area (Å²) in [6.07, 6.45) is 2.92. The maximum Gasteiger partial charge on any atom is 0.272 e. The molecule has 3 N–H and O–H groups in total. The number of anilines is 2. The van der Waals surface area contributed by atoms with E-state index in [1.54, 1.807) is 85.8 Å². The summed E-state index contributed by atoms with van der Waals surface area (Å²) in [5.41, 5.74) is 1.44. The lowest BCUT2D eigenvalue weighted by atomic mass is 10.2. The largest absolute Gasteiger partial charge is 0.465 e. The lowest BCUT2D eigenvalue weighted by Gasteiger charge is -2.14. The molecule has 1 heterocycles. The van der Waals surface area contributed by atoms with Gasteiger partial charge in [0, 0.05) is 27.9 Å². The van der Waals surface area contributed by atoms with Crippen LogP contribution in [0.5, 0.6) is 0 Å². The van der Waals surface area contributed by atoms with Crippen LogP contribution in [0.4, 0.5) is 11.4 Å². The van der Waals surface area contributed by atoms with Gasteiger partial charge in [0.1, 0.15) is 11.5 Å². The lowest BCUT2D eigenvalue weighted by molar-refractivity contribution is -0.115. The van der Waals surface area contributed by atoms with Gasteiger partial charge in [0.2, 0.25) is 5.91 Å². The van der Waals surface area contributed by atoms with Crippen LogP contribution < -0.4 is 16.0 Å². The quantitative estimate of drug-likeness (QED) is 0.145. The minimum atomic E-state index is -0.539. The highest BCUT2D eigenvalue weighted by atomic mass is 35.5. The van der Waals surface area contributed by atoms with Gasteiger partial charge in [-0.15, -0.1) is 11.8 Å². The molecule has 0 saturated carbocycles. The summed E-state index contributed by atoms with van der Waals surface area (Å²) in [5.74, 6) is -0.794. The van der Waals surface area contributed by atoms with Crippen LogP contribution in [0, 0.1) is 0 Å². The van der Waals surface area contributed by atoms with Crippen molar-refractivity contribution in [1.29, 1.82) is 0 Å². The molecule has 39 heavy (non-hydrogen) atoms. The minimum Gasteiger partial charge on any atom is -0.465 e. The molecule has 1 atom stereocenters. The van der Waals surface area contributed by atoms with Crippen LogP contribution in [0.25, 0.3) is 6.08 Å². The van der Waals surface area contributed by atoms with Crippen LogP contribution in [0.3, 0.4) is 0 Å². The monoisotopic (exact) mass is 579 g/mol. The van der Waals surface area contributed by atoms with Gasteiger partial charge in [-0.2, -0.15) is 0 Å². The van der Waals surface area contributed by atoms with Crippen LogP contribution in [0.1, 0.15) is 23.0 Å². The molecule has 1 unspecified atom stereocenters. The van der Waals surface area contributed by atoms with Gasteiger partial charge in [-0.1, -0.05) is 47.5 Å². The van der Waals surface area contributed by atoms with Crippen molar-refractivity contribution in [2.75, 3.05) is 10.6 Å². The fourth-order valence-corrected chi connectivity index (χ4v) is 4.60. The first kappa shape index (κ1) is 28.0. The third-order valence-electron chi connectivity index (χ3n) is 5.32. The smallest absolute Gasteiger partial charge is 0.272 e. The predicted molar refractivity (Wildman–Crippen MR) is 156 cm³/mol. The molecule has 0 fully saturated rings. The number of furan rings is 1. The van der Waals surface area contributed by atoms with Crippen molar-refractivity contribution >= 4 is 70.1 Å². The standard InChI is InChI=1S/C29H23Cl2N3O4S/c1-18(27(35)32-21-12-13-24(30)25(31)16-21)39-23-11-5-9-20(15-23)33-29(37)26(17-22-10-6-14-38-22)34-28(36)19-7-3-2-4-8-19/h2-18H,1H3,(H,32,35)(H,33,37)(H,34,36)/b26-17-. The molecule has 0 saturated heterocycles. The van der Waals surface area contributed by atoms with E-state index in [-0.39, 0.29) is 11.6 Å². The summed E-state index contributed by atoms with van der Waals surface area (Å²) < 4.78 is 5.33. The Balaban J connectivity index is 1.44. The number of thioether (sulfide) groups is 1. The van der Waals surface area contributed by atoms with Crippen LogP contribution in [0.15, 0.2) is 106 Å². The zero-order valence-electron chi connectivity index (χ0n) is 20.6. The van der Waals surface area contributed by atoms with Gasteiger partial charge in [-0.05, 0) is 67.6 Å². The van der Waals surface area contributed by atoms with Crippen LogP contribution in [-0.2, 0) is 9.59 Å². The molecule has 198 valence electrons. The van der Waals surface area contributed by atoms with Gasteiger partial charge in [0.25, 0.3) is 11.8 Å². The van der Waals surface area contributed by atoms with Crippen molar-refractivity contribution in [3.8, 4) is 0 Å². The number of hydrogen-bond donors (Lipinski definition) is 3. The van der Waals surface area contributed by atoms with E-state index in [0.29, 0.717) is 32.7 Å². The summed E-state index contributed by atoms with van der Waals surface area (Å²) in [7, 11) is 0. The summed E-state index contributed by atoms with van der Waals surface area (Å²) in [5, 5.41) is 8.57. The zero-order chi connectivity index (χ0) is 27.8. The van der Waals surface area contributed by atoms with Gasteiger partial charge >= 0.3 is 0 Å². The molecule has 7 nitrogen and oxygen atoms in total. The molecule has 3 amide bonds. The van der Waals surface area contributed by atoms with Gasteiger partial charge in [-0.25, -0.2) is 0 Å². The maximum atomic E-state index is 13.2. The summed E-state index contributed by atoms with van der Waals surface area (Å²) in [6, 6.07) is 23.8. The van der Waals surface area contributed by atoms with Crippen LogP contribution in [-0.4, -0.2) is 23.0 Å². The molecule has 1 aromatic heterocycles. The van der Waals surface area contributed by atoms with E-state index in [9.17, 15) is 14.4 Å². The number of rotatable bonds is 9. The Morgan fingerprint density at radius 1 is 0.846 bits per heavy atom. The Labute approximate surface area is 239 Å². The molecule has 0 aliphatic rings. The third kappa shape index (κ3) is 8.00. The van der Waals surface area contributed by atoms with Crippen molar-refractivity contribution in [2.24, 2.45) is 0 Å². The van der Waals surface area contributed by atoms with Crippen molar-refractivity contribution in [1.82, 2.24) is 5.32 Å². The molecular formula is C29H23Cl2N3O4S. The van der Waals surface area contributed by atoms with Gasteiger partial charge in [-0.3, -0.25) is 14.4 Å². The normalized spacial score (nSPS) is 11.9. The van der Waals surface area contributed by atoms with Crippen LogP contribution >= 0.6 is 35.0 Å². The fourth-order valence-electron chi connectivity index (χ4n) is 3.38. The first-order valence-corrected chi connectivity index (χ1v) is 13.4. The Hall–Kier alpha value is -3.98. The lowest BCUT2D eigenvalue weighted by Crippen LogP contribution is -2.30. The first-order chi connectivity index (χ1) is 18.8. The summed E-state index contributed by atoms with van der Waals surface area (Å²) in [4.78, 5) is 39.4. The molecule has 0 spiro atoms. The highest BCUT2D eigenvalue weighted by Gasteiger charge is 2.18. The predicted octanol–water partition coefficient (Wildman–Crippen LogP) is 7.12. The van der Waals surface area contributed by atoms with E-state index in [4.69, 9.17) is 27.6 Å². The Bertz CT molecular complexity index is 1510. The number of benzene rings is 3. The number of halogens is 2. The number of hydrogen-bond acceptors (Lipinski definition) is 5. The molecule has 3 aromatic carbocycles. The molecule has 0 aliphatic heterocycles. The molecule has 0 radical (unpaired) electrons. The molecular weight excluding hydrogens is 557 g/mol. The van der Waals surface area contributed by atoms with E-state index in [1.807, 2.05) is 6.07 Å². The van der Waals surface area contributed by atoms with Crippen molar-refractivity contribution in [3.05, 3.63) is 118 Å². The van der Waals surface area contributed by atoms with Crippen molar-refractivity contribution in [3.63, 3.8) is 0 Å². The Morgan fingerprint density at radius 3 is 2.33 bits per heavy atom. The highest BCUT2D eigenvalue weighted by molar-refractivity contribution is 8.00. The number of amides is 3. The van der Waals surface area contributed by atoms with E-state index in [1.165, 1.54) is 24.1 Å². The molecule has 0 bridgehead atoms. The fraction of sp³-hybridized carbons (Fsp3) is 0.0690. The second-order valence-electron chi connectivity index (χ2n) is 8.25. The first-order valence-electron chi connectivity index (χ1n) is 11.7. The number of carbonyl (C=O) groups excluding carboxylic acids is 3. The topological polar surface area (TPSA) is 100 Å². The highest BCUT2D eigenvalue weighted by Crippen LogP contribution is 2.28. The van der Waals surface area contributed by atoms with E-state index in [2.05, 4.69) is 16.0 Å². The zero-order valence-corrected chi connectivity index (χ0v) is 22.9. The average Bonchev–Trinajstić information content (AvgIpc) is 3.44. The van der Waals surface area contributed by atoms with E-state index < -0.39 is 17.1 Å². The average molecular weight is 580 g/mol. The van der Waals surface area contributed by atoms with Gasteiger partial charge in [0.15, 0.2) is 0 Å². The molecule has 4 rings (SSSR count). The SMILES string of the molecule is CC(Sc1cccc(NC(=O)/C(=C/c2ccco2)NC(=O)c2ccccc2)c1)C(=O)Nc1ccc(Cl)c(Cl)c1. The molecule has 10 heteroatoms. The third-order valence-corrected chi connectivity index (χ3v) is 7.15. The van der Waals surface area contributed by atoms with E-state index in [0.717, 1.165) is 4.90 Å². The summed E-state index contributed by atoms with van der Waals surface area (Å²) >= 11 is 13.3. The number of nitrogens with one attached hydrogen (secondary N) is 3. The summed E-state index contributed by atoms with van der Waals surface area (Å²) in [6.45, 7) is 1.77. The van der Waals surface area contributed by atoms with E-state index >= 15 is 0 Å². The number of carbonyl (C=O) groups is 3. The van der Waals surface area contributed by atoms with Gasteiger partial charge in [0.05, 0.1) is 21.6 Å².